The minimum absolute atomic E-state index is 0.102. The summed E-state index contributed by atoms with van der Waals surface area (Å²) in [6.07, 6.45) is 3.67. The van der Waals surface area contributed by atoms with Gasteiger partial charge in [-0.25, -0.2) is 13.1 Å². The number of aromatic nitrogens is 2. The van der Waals surface area contributed by atoms with Crippen LogP contribution in [0.25, 0.3) is 22.3 Å². The van der Waals surface area contributed by atoms with Gasteiger partial charge in [-0.3, -0.25) is 4.98 Å². The molecule has 0 radical (unpaired) electrons. The Morgan fingerprint density at radius 3 is 2.63 bits per heavy atom. The Labute approximate surface area is 176 Å². The van der Waals surface area contributed by atoms with Gasteiger partial charge >= 0.3 is 0 Å². The fourth-order valence-electron chi connectivity index (χ4n) is 3.64. The Balaban J connectivity index is 1.86. The molecular formula is C22H24N4O3S. The van der Waals surface area contributed by atoms with Crippen LogP contribution in [0.4, 0.5) is 0 Å². The molecule has 7 nitrogen and oxygen atoms in total. The zero-order chi connectivity index (χ0) is 21.5. The van der Waals surface area contributed by atoms with Crippen LogP contribution in [-0.2, 0) is 16.6 Å². The van der Waals surface area contributed by atoms with E-state index < -0.39 is 10.0 Å². The maximum Gasteiger partial charge on any atom is 0.242 e. The lowest BCUT2D eigenvalue weighted by atomic mass is 10.1. The minimum atomic E-state index is -3.63. The summed E-state index contributed by atoms with van der Waals surface area (Å²) in [7, 11) is -2.01. The van der Waals surface area contributed by atoms with Crippen molar-refractivity contribution < 1.29 is 13.2 Å². The van der Waals surface area contributed by atoms with Crippen molar-refractivity contribution in [1.29, 1.82) is 5.26 Å². The minimum Gasteiger partial charge on any atom is -0.497 e. The summed E-state index contributed by atoms with van der Waals surface area (Å²) in [5.41, 5.74) is 2.75. The van der Waals surface area contributed by atoms with Gasteiger partial charge in [0.1, 0.15) is 16.7 Å². The van der Waals surface area contributed by atoms with Gasteiger partial charge in [0.2, 0.25) is 10.0 Å². The van der Waals surface area contributed by atoms with Crippen molar-refractivity contribution in [2.45, 2.75) is 44.2 Å². The average Bonchev–Trinajstić information content (AvgIpc) is 3.48. The summed E-state index contributed by atoms with van der Waals surface area (Å²) in [5.74, 6) is 1.30. The van der Waals surface area contributed by atoms with Crippen LogP contribution in [0.2, 0.25) is 0 Å². The number of methoxy groups -OCH3 is 1. The predicted molar refractivity (Wildman–Crippen MR) is 115 cm³/mol. The summed E-state index contributed by atoms with van der Waals surface area (Å²) in [4.78, 5) is 4.54. The molecule has 0 atom stereocenters. The van der Waals surface area contributed by atoms with Crippen molar-refractivity contribution >= 4 is 20.9 Å². The van der Waals surface area contributed by atoms with Gasteiger partial charge in [0.25, 0.3) is 0 Å². The van der Waals surface area contributed by atoms with Crippen LogP contribution < -0.4 is 9.46 Å². The van der Waals surface area contributed by atoms with Crippen LogP contribution in [0, 0.1) is 17.2 Å². The molecule has 1 fully saturated rings. The lowest BCUT2D eigenvalue weighted by Gasteiger charge is -2.12. The van der Waals surface area contributed by atoms with E-state index in [-0.39, 0.29) is 10.9 Å². The number of ether oxygens (including phenoxy) is 1. The molecule has 8 heteroatoms. The van der Waals surface area contributed by atoms with Crippen LogP contribution in [0.15, 0.2) is 41.4 Å². The first-order valence-electron chi connectivity index (χ1n) is 9.93. The first-order chi connectivity index (χ1) is 14.3. The Hall–Kier alpha value is -2.89. The van der Waals surface area contributed by atoms with E-state index in [4.69, 9.17) is 4.74 Å². The number of benzene rings is 1. The third-order valence-electron chi connectivity index (χ3n) is 5.20. The van der Waals surface area contributed by atoms with Gasteiger partial charge < -0.3 is 9.30 Å². The normalized spacial score (nSPS) is 14.2. The lowest BCUT2D eigenvalue weighted by Crippen LogP contribution is -2.30. The Morgan fingerprint density at radius 1 is 1.30 bits per heavy atom. The van der Waals surface area contributed by atoms with Gasteiger partial charge in [0.05, 0.1) is 29.6 Å². The van der Waals surface area contributed by atoms with E-state index in [1.165, 1.54) is 12.3 Å². The number of sulfonamides is 1. The van der Waals surface area contributed by atoms with Crippen LogP contribution in [-0.4, -0.2) is 31.1 Å². The summed E-state index contributed by atoms with van der Waals surface area (Å²) in [6, 6.07) is 11.0. The van der Waals surface area contributed by atoms with E-state index in [1.807, 2.05) is 18.2 Å². The number of nitriles is 1. The quantitative estimate of drug-likeness (QED) is 0.624. The van der Waals surface area contributed by atoms with Crippen molar-refractivity contribution in [1.82, 2.24) is 14.3 Å². The monoisotopic (exact) mass is 424 g/mol. The molecule has 30 heavy (non-hydrogen) atoms. The molecule has 2 heterocycles. The molecule has 1 aliphatic rings. The summed E-state index contributed by atoms with van der Waals surface area (Å²) < 4.78 is 34.9. The summed E-state index contributed by atoms with van der Waals surface area (Å²) in [6.45, 7) is 4.32. The van der Waals surface area contributed by atoms with E-state index in [0.29, 0.717) is 22.9 Å². The number of pyridine rings is 1. The molecular weight excluding hydrogens is 400 g/mol. The predicted octanol–water partition coefficient (Wildman–Crippen LogP) is 3.68. The number of hydrogen-bond acceptors (Lipinski definition) is 5. The number of nitrogens with one attached hydrogen (secondary N) is 1. The third kappa shape index (κ3) is 3.78. The van der Waals surface area contributed by atoms with E-state index >= 15 is 0 Å². The molecule has 1 aliphatic carbocycles. The van der Waals surface area contributed by atoms with Gasteiger partial charge in [0.15, 0.2) is 0 Å². The molecule has 0 bridgehead atoms. The second kappa shape index (κ2) is 7.74. The van der Waals surface area contributed by atoms with Gasteiger partial charge in [-0.2, -0.15) is 5.26 Å². The van der Waals surface area contributed by atoms with Crippen molar-refractivity contribution in [2.75, 3.05) is 7.11 Å². The molecule has 0 aliphatic heterocycles. The standard InChI is InChI=1S/C22H24N4O3S/c1-14(2)25-30(27,28)17-7-9-20(24-12-17)22-19(11-23)18-8-6-16(29-3)10-21(18)26(22)13-15-4-5-15/h6-10,12,14-15,25H,4-5,13H2,1-3H3. The highest BCUT2D eigenvalue weighted by molar-refractivity contribution is 7.89. The molecule has 0 unspecified atom stereocenters. The molecule has 1 saturated carbocycles. The SMILES string of the molecule is COc1ccc2c(C#N)c(-c3ccc(S(=O)(=O)NC(C)C)cn3)n(CC3CC3)c2c1. The molecule has 0 amide bonds. The second-order valence-electron chi connectivity index (χ2n) is 7.93. The van der Waals surface area contributed by atoms with Crippen LogP contribution in [0.1, 0.15) is 32.3 Å². The molecule has 4 rings (SSSR count). The fourth-order valence-corrected chi connectivity index (χ4v) is 4.84. The number of hydrogen-bond donors (Lipinski definition) is 1. The molecule has 0 spiro atoms. The van der Waals surface area contributed by atoms with Crippen LogP contribution in [0.3, 0.4) is 0 Å². The molecule has 156 valence electrons. The first kappa shape index (κ1) is 20.4. The maximum atomic E-state index is 12.4. The van der Waals surface area contributed by atoms with E-state index in [1.54, 1.807) is 27.0 Å². The fraction of sp³-hybridized carbons (Fsp3) is 0.364. The lowest BCUT2D eigenvalue weighted by molar-refractivity contribution is 0.415. The van der Waals surface area contributed by atoms with E-state index in [0.717, 1.165) is 36.0 Å². The van der Waals surface area contributed by atoms with Crippen molar-refractivity contribution in [3.63, 3.8) is 0 Å². The Kier molecular flexibility index (Phi) is 5.26. The average molecular weight is 425 g/mol. The highest BCUT2D eigenvalue weighted by Gasteiger charge is 2.27. The molecule has 1 N–H and O–H groups in total. The van der Waals surface area contributed by atoms with Crippen molar-refractivity contribution in [3.05, 3.63) is 42.1 Å². The zero-order valence-electron chi connectivity index (χ0n) is 17.2. The summed E-state index contributed by atoms with van der Waals surface area (Å²) >= 11 is 0. The van der Waals surface area contributed by atoms with E-state index in [9.17, 15) is 13.7 Å². The largest absolute Gasteiger partial charge is 0.497 e. The second-order valence-corrected chi connectivity index (χ2v) is 9.64. The van der Waals surface area contributed by atoms with Crippen LogP contribution >= 0.6 is 0 Å². The van der Waals surface area contributed by atoms with Gasteiger partial charge in [-0.1, -0.05) is 0 Å². The molecule has 0 saturated heterocycles. The number of fused-ring (bicyclic) bond motifs is 1. The topological polar surface area (TPSA) is 97.0 Å². The highest BCUT2D eigenvalue weighted by atomic mass is 32.2. The van der Waals surface area contributed by atoms with E-state index in [2.05, 4.69) is 20.3 Å². The maximum absolute atomic E-state index is 12.4. The molecule has 1 aromatic carbocycles. The number of nitrogens with zero attached hydrogens (tertiary/aromatic N) is 3. The third-order valence-corrected chi connectivity index (χ3v) is 6.85. The smallest absolute Gasteiger partial charge is 0.242 e. The molecule has 2 aromatic heterocycles. The van der Waals surface area contributed by atoms with Gasteiger partial charge in [-0.05, 0) is 56.9 Å². The Bertz CT molecular complexity index is 1230. The van der Waals surface area contributed by atoms with Crippen molar-refractivity contribution in [3.8, 4) is 23.2 Å². The first-order valence-corrected chi connectivity index (χ1v) is 11.4. The molecule has 3 aromatic rings. The Morgan fingerprint density at radius 2 is 2.07 bits per heavy atom. The zero-order valence-corrected chi connectivity index (χ0v) is 18.0. The van der Waals surface area contributed by atoms with Gasteiger partial charge in [0, 0.05) is 30.2 Å². The summed E-state index contributed by atoms with van der Waals surface area (Å²) in [5, 5.41) is 10.8. The van der Waals surface area contributed by atoms with Gasteiger partial charge in [-0.15, -0.1) is 0 Å². The van der Waals surface area contributed by atoms with Crippen molar-refractivity contribution in [2.24, 2.45) is 5.92 Å². The highest BCUT2D eigenvalue weighted by Crippen LogP contribution is 2.39. The van der Waals surface area contributed by atoms with Crippen LogP contribution in [0.5, 0.6) is 5.75 Å². The number of rotatable bonds is 7.